The lowest BCUT2D eigenvalue weighted by Gasteiger charge is -2.28. The molecule has 0 N–H and O–H groups in total. The number of hydrogen-bond acceptors (Lipinski definition) is 1. The van der Waals surface area contributed by atoms with Crippen LogP contribution in [0.4, 0.5) is 8.78 Å². The van der Waals surface area contributed by atoms with E-state index in [9.17, 15) is 8.78 Å². The summed E-state index contributed by atoms with van der Waals surface area (Å²) in [6.45, 7) is 5.96. The van der Waals surface area contributed by atoms with Crippen LogP contribution in [0.15, 0.2) is 49.1 Å². The molecule has 1 aromatic rings. The SMILES string of the molecule is C=CC1C=CC(C=CC2CCC(c3ccc(OCC)c(F)c3F)CC2)CC1. The molecule has 0 radical (unpaired) electrons. The Morgan fingerprint density at radius 3 is 2.30 bits per heavy atom. The van der Waals surface area contributed by atoms with Crippen molar-refractivity contribution in [1.82, 2.24) is 0 Å². The second-order valence-electron chi connectivity index (χ2n) is 7.74. The molecule has 1 nitrogen and oxygen atoms in total. The number of ether oxygens (including phenoxy) is 1. The van der Waals surface area contributed by atoms with Crippen LogP contribution in [0.5, 0.6) is 5.75 Å². The third kappa shape index (κ3) is 4.88. The smallest absolute Gasteiger partial charge is 0.200 e. The van der Waals surface area contributed by atoms with E-state index in [0.717, 1.165) is 25.7 Å². The van der Waals surface area contributed by atoms with Crippen molar-refractivity contribution < 1.29 is 13.5 Å². The predicted octanol–water partition coefficient (Wildman–Crippen LogP) is 6.96. The lowest BCUT2D eigenvalue weighted by atomic mass is 9.78. The van der Waals surface area contributed by atoms with E-state index in [1.54, 1.807) is 19.1 Å². The van der Waals surface area contributed by atoms with Gasteiger partial charge in [-0.15, -0.1) is 6.58 Å². The van der Waals surface area contributed by atoms with E-state index in [-0.39, 0.29) is 11.7 Å². The summed E-state index contributed by atoms with van der Waals surface area (Å²) < 4.78 is 33.7. The van der Waals surface area contributed by atoms with Gasteiger partial charge in [0.2, 0.25) is 5.82 Å². The van der Waals surface area contributed by atoms with Crippen LogP contribution in [0.3, 0.4) is 0 Å². The van der Waals surface area contributed by atoms with Crippen molar-refractivity contribution in [3.63, 3.8) is 0 Å². The summed E-state index contributed by atoms with van der Waals surface area (Å²) in [6, 6.07) is 3.27. The second kappa shape index (κ2) is 9.34. The first-order chi connectivity index (χ1) is 13.1. The van der Waals surface area contributed by atoms with Gasteiger partial charge in [0.1, 0.15) is 0 Å². The van der Waals surface area contributed by atoms with Gasteiger partial charge >= 0.3 is 0 Å². The molecule has 0 heterocycles. The highest BCUT2D eigenvalue weighted by Crippen LogP contribution is 2.39. The van der Waals surface area contributed by atoms with Crippen molar-refractivity contribution >= 4 is 0 Å². The van der Waals surface area contributed by atoms with Crippen molar-refractivity contribution in [3.8, 4) is 5.75 Å². The van der Waals surface area contributed by atoms with Crippen LogP contribution in [-0.4, -0.2) is 6.61 Å². The molecule has 0 bridgehead atoms. The highest BCUT2D eigenvalue weighted by atomic mass is 19.2. The van der Waals surface area contributed by atoms with E-state index in [1.807, 2.05) is 6.08 Å². The van der Waals surface area contributed by atoms with E-state index in [4.69, 9.17) is 4.74 Å². The van der Waals surface area contributed by atoms with E-state index >= 15 is 0 Å². The zero-order valence-electron chi connectivity index (χ0n) is 16.2. The average molecular weight is 372 g/mol. The van der Waals surface area contributed by atoms with Gasteiger partial charge in [0, 0.05) is 0 Å². The Bertz CT molecular complexity index is 699. The lowest BCUT2D eigenvalue weighted by Crippen LogP contribution is -2.14. The van der Waals surface area contributed by atoms with Gasteiger partial charge in [-0.25, -0.2) is 4.39 Å². The maximum Gasteiger partial charge on any atom is 0.200 e. The summed E-state index contributed by atoms with van der Waals surface area (Å²) in [7, 11) is 0. The molecule has 3 heteroatoms. The molecule has 3 rings (SSSR count). The van der Waals surface area contributed by atoms with Gasteiger partial charge in [0.25, 0.3) is 0 Å². The summed E-state index contributed by atoms with van der Waals surface area (Å²) >= 11 is 0. The van der Waals surface area contributed by atoms with Crippen LogP contribution in [0.1, 0.15) is 56.9 Å². The largest absolute Gasteiger partial charge is 0.491 e. The monoisotopic (exact) mass is 372 g/mol. The number of rotatable bonds is 6. The molecule has 0 spiro atoms. The van der Waals surface area contributed by atoms with Crippen molar-refractivity contribution in [2.45, 2.75) is 51.4 Å². The standard InChI is InChI=1S/C24H30F2O/c1-3-17-5-7-18(8-6-17)9-10-19-11-13-20(14-12-19)21-15-16-22(27-4-2)24(26)23(21)25/h3,5,7,9-10,15-20H,1,4,6,8,11-14H2,2H3. The third-order valence-electron chi connectivity index (χ3n) is 5.96. The lowest BCUT2D eigenvalue weighted by molar-refractivity contribution is 0.310. The minimum atomic E-state index is -0.849. The van der Waals surface area contributed by atoms with Crippen LogP contribution < -0.4 is 4.74 Å². The fourth-order valence-electron chi connectivity index (χ4n) is 4.27. The van der Waals surface area contributed by atoms with E-state index in [2.05, 4.69) is 30.9 Å². The Hall–Kier alpha value is -1.90. The van der Waals surface area contributed by atoms with E-state index < -0.39 is 11.6 Å². The van der Waals surface area contributed by atoms with Crippen molar-refractivity contribution in [3.05, 3.63) is 66.3 Å². The Morgan fingerprint density at radius 2 is 1.67 bits per heavy atom. The van der Waals surface area contributed by atoms with Crippen LogP contribution >= 0.6 is 0 Å². The molecule has 1 saturated carbocycles. The van der Waals surface area contributed by atoms with Gasteiger partial charge in [-0.1, -0.05) is 36.4 Å². The van der Waals surface area contributed by atoms with Gasteiger partial charge in [-0.05, 0) is 80.8 Å². The van der Waals surface area contributed by atoms with Gasteiger partial charge < -0.3 is 4.74 Å². The molecule has 2 unspecified atom stereocenters. The molecule has 0 amide bonds. The van der Waals surface area contributed by atoms with E-state index in [0.29, 0.717) is 29.9 Å². The highest BCUT2D eigenvalue weighted by molar-refractivity contribution is 5.33. The molecule has 1 aromatic carbocycles. The topological polar surface area (TPSA) is 9.23 Å². The Morgan fingerprint density at radius 1 is 0.963 bits per heavy atom. The first-order valence-electron chi connectivity index (χ1n) is 10.2. The number of halogens is 2. The Labute approximate surface area is 161 Å². The van der Waals surface area contributed by atoms with Crippen LogP contribution in [0.2, 0.25) is 0 Å². The predicted molar refractivity (Wildman–Crippen MR) is 107 cm³/mol. The molecule has 1 fully saturated rings. The maximum absolute atomic E-state index is 14.4. The molecular weight excluding hydrogens is 342 g/mol. The maximum atomic E-state index is 14.4. The third-order valence-corrected chi connectivity index (χ3v) is 5.96. The molecule has 0 aliphatic heterocycles. The number of allylic oxidation sites excluding steroid dienone is 5. The van der Waals surface area contributed by atoms with Crippen molar-refractivity contribution in [2.24, 2.45) is 17.8 Å². The zero-order chi connectivity index (χ0) is 19.2. The summed E-state index contributed by atoms with van der Waals surface area (Å²) in [5, 5.41) is 0. The number of benzene rings is 1. The Balaban J connectivity index is 1.55. The molecule has 146 valence electrons. The molecule has 0 saturated heterocycles. The molecule has 0 aromatic heterocycles. The van der Waals surface area contributed by atoms with Crippen molar-refractivity contribution in [2.75, 3.05) is 6.61 Å². The number of hydrogen-bond donors (Lipinski definition) is 0. The zero-order valence-corrected chi connectivity index (χ0v) is 16.2. The minimum absolute atomic E-state index is 0.00889. The van der Waals surface area contributed by atoms with E-state index in [1.165, 1.54) is 12.8 Å². The molecule has 27 heavy (non-hydrogen) atoms. The molecular formula is C24H30F2O. The first-order valence-corrected chi connectivity index (χ1v) is 10.2. The fourth-order valence-corrected chi connectivity index (χ4v) is 4.27. The molecule has 2 aliphatic carbocycles. The highest BCUT2D eigenvalue weighted by Gasteiger charge is 2.26. The van der Waals surface area contributed by atoms with Gasteiger partial charge in [-0.2, -0.15) is 4.39 Å². The minimum Gasteiger partial charge on any atom is -0.491 e. The Kier molecular flexibility index (Phi) is 6.87. The first kappa shape index (κ1) is 19.9. The van der Waals surface area contributed by atoms with Crippen molar-refractivity contribution in [1.29, 1.82) is 0 Å². The van der Waals surface area contributed by atoms with Gasteiger partial charge in [-0.3, -0.25) is 0 Å². The quantitative estimate of drug-likeness (QED) is 0.490. The fraction of sp³-hybridized carbons (Fsp3) is 0.500. The van der Waals surface area contributed by atoms with Crippen LogP contribution in [-0.2, 0) is 0 Å². The summed E-state index contributed by atoms with van der Waals surface area (Å²) in [5.41, 5.74) is 0.504. The molecule has 2 atom stereocenters. The summed E-state index contributed by atoms with van der Waals surface area (Å²) in [4.78, 5) is 0. The summed E-state index contributed by atoms with van der Waals surface area (Å²) in [6.07, 6.45) is 17.4. The second-order valence-corrected chi connectivity index (χ2v) is 7.74. The average Bonchev–Trinajstić information content (AvgIpc) is 2.71. The van der Waals surface area contributed by atoms with Crippen LogP contribution in [0.25, 0.3) is 0 Å². The van der Waals surface area contributed by atoms with Crippen LogP contribution in [0, 0.1) is 29.4 Å². The van der Waals surface area contributed by atoms with Gasteiger partial charge in [0.15, 0.2) is 11.6 Å². The normalized spacial score (nSPS) is 28.4. The molecule has 2 aliphatic rings. The van der Waals surface area contributed by atoms with Gasteiger partial charge in [0.05, 0.1) is 6.61 Å². The summed E-state index contributed by atoms with van der Waals surface area (Å²) in [5.74, 6) is 0.119.